The molecule has 1 heterocycles. The number of aromatic nitrogens is 3. The number of aryl methyl sites for hydroxylation is 1. The second kappa shape index (κ2) is 7.39. The van der Waals surface area contributed by atoms with Gasteiger partial charge in [-0.05, 0) is 31.7 Å². The second-order valence-electron chi connectivity index (χ2n) is 4.64. The number of nitrogens with zero attached hydrogens (tertiary/aromatic N) is 3. The van der Waals surface area contributed by atoms with Gasteiger partial charge in [-0.3, -0.25) is 4.68 Å². The van der Waals surface area contributed by atoms with Gasteiger partial charge in [0, 0.05) is 6.54 Å². The molecule has 0 aliphatic heterocycles. The summed E-state index contributed by atoms with van der Waals surface area (Å²) in [7, 11) is 0. The van der Waals surface area contributed by atoms with Gasteiger partial charge in [0.2, 0.25) is 0 Å². The molecule has 0 amide bonds. The summed E-state index contributed by atoms with van der Waals surface area (Å²) in [5.74, 6) is 1.67. The van der Waals surface area contributed by atoms with E-state index < -0.39 is 0 Å². The van der Waals surface area contributed by atoms with Gasteiger partial charge in [0.05, 0.1) is 6.54 Å². The van der Waals surface area contributed by atoms with Crippen LogP contribution in [-0.4, -0.2) is 21.3 Å². The lowest BCUT2D eigenvalue weighted by molar-refractivity contribution is 0.486. The maximum Gasteiger partial charge on any atom is 0.164 e. The van der Waals surface area contributed by atoms with Crippen LogP contribution in [0.3, 0.4) is 0 Å². The summed E-state index contributed by atoms with van der Waals surface area (Å²) in [5, 5.41) is 7.72. The Morgan fingerprint density at radius 2 is 2.25 bits per heavy atom. The van der Waals surface area contributed by atoms with Crippen molar-refractivity contribution >= 4 is 0 Å². The van der Waals surface area contributed by atoms with Crippen molar-refractivity contribution in [2.75, 3.05) is 6.54 Å². The van der Waals surface area contributed by atoms with E-state index in [-0.39, 0.29) is 0 Å². The topological polar surface area (TPSA) is 42.7 Å². The van der Waals surface area contributed by atoms with E-state index in [2.05, 4.69) is 36.2 Å². The first-order valence-corrected chi connectivity index (χ1v) is 6.31. The van der Waals surface area contributed by atoms with Crippen LogP contribution in [0.25, 0.3) is 0 Å². The molecule has 0 saturated carbocycles. The van der Waals surface area contributed by atoms with Gasteiger partial charge >= 0.3 is 0 Å². The largest absolute Gasteiger partial charge is 0.310 e. The maximum atomic E-state index is 4.42. The molecular weight excluding hydrogens is 200 g/mol. The Bertz CT molecular complexity index is 280. The average Bonchev–Trinajstić information content (AvgIpc) is 2.66. The first kappa shape index (κ1) is 13.2. The fourth-order valence-corrected chi connectivity index (χ4v) is 1.56. The van der Waals surface area contributed by atoms with Crippen molar-refractivity contribution in [1.82, 2.24) is 20.1 Å². The molecule has 92 valence electrons. The van der Waals surface area contributed by atoms with E-state index in [1.165, 1.54) is 12.8 Å². The molecule has 0 spiro atoms. The van der Waals surface area contributed by atoms with Crippen molar-refractivity contribution in [2.24, 2.45) is 5.92 Å². The van der Waals surface area contributed by atoms with E-state index in [0.29, 0.717) is 0 Å². The van der Waals surface area contributed by atoms with E-state index in [1.807, 2.05) is 11.0 Å². The normalized spacial score (nSPS) is 11.2. The lowest BCUT2D eigenvalue weighted by Gasteiger charge is -2.03. The highest BCUT2D eigenvalue weighted by atomic mass is 15.3. The van der Waals surface area contributed by atoms with Crippen LogP contribution in [0.2, 0.25) is 0 Å². The van der Waals surface area contributed by atoms with Gasteiger partial charge in [0.1, 0.15) is 6.33 Å². The highest BCUT2D eigenvalue weighted by molar-refractivity contribution is 4.80. The lowest BCUT2D eigenvalue weighted by Crippen LogP contribution is -2.15. The summed E-state index contributed by atoms with van der Waals surface area (Å²) >= 11 is 0. The molecule has 4 nitrogen and oxygen atoms in total. The molecule has 1 N–H and O–H groups in total. The van der Waals surface area contributed by atoms with Crippen LogP contribution >= 0.6 is 0 Å². The Labute approximate surface area is 98.5 Å². The van der Waals surface area contributed by atoms with Crippen molar-refractivity contribution in [1.29, 1.82) is 0 Å². The zero-order valence-electron chi connectivity index (χ0n) is 10.7. The van der Waals surface area contributed by atoms with Gasteiger partial charge in [-0.2, -0.15) is 5.10 Å². The fourth-order valence-electron chi connectivity index (χ4n) is 1.56. The molecule has 0 aliphatic carbocycles. The Kier molecular flexibility index (Phi) is 6.08. The quantitative estimate of drug-likeness (QED) is 0.688. The monoisotopic (exact) mass is 224 g/mol. The Hall–Kier alpha value is -0.900. The summed E-state index contributed by atoms with van der Waals surface area (Å²) < 4.78 is 1.95. The zero-order chi connectivity index (χ0) is 11.8. The van der Waals surface area contributed by atoms with Gasteiger partial charge in [-0.15, -0.1) is 0 Å². The van der Waals surface area contributed by atoms with Crippen LogP contribution in [0.1, 0.15) is 45.9 Å². The molecule has 1 aromatic heterocycles. The van der Waals surface area contributed by atoms with Gasteiger partial charge in [0.25, 0.3) is 0 Å². The minimum atomic E-state index is 0.772. The highest BCUT2D eigenvalue weighted by Gasteiger charge is 2.00. The molecule has 0 saturated heterocycles. The molecule has 0 fully saturated rings. The summed E-state index contributed by atoms with van der Waals surface area (Å²) in [6.45, 7) is 9.46. The predicted molar refractivity (Wildman–Crippen MR) is 66.1 cm³/mol. The van der Waals surface area contributed by atoms with Crippen LogP contribution in [0.15, 0.2) is 6.33 Å². The van der Waals surface area contributed by atoms with E-state index >= 15 is 0 Å². The van der Waals surface area contributed by atoms with Crippen molar-refractivity contribution in [2.45, 2.75) is 53.1 Å². The zero-order valence-corrected chi connectivity index (χ0v) is 10.7. The van der Waals surface area contributed by atoms with E-state index in [9.17, 15) is 0 Å². The number of hydrogen-bond donors (Lipinski definition) is 1. The van der Waals surface area contributed by atoms with Gasteiger partial charge in [-0.1, -0.05) is 20.8 Å². The SMILES string of the molecule is CCCNCc1ncn(CCCC(C)C)n1. The number of rotatable bonds is 8. The molecule has 4 heteroatoms. The van der Waals surface area contributed by atoms with Crippen LogP contribution in [-0.2, 0) is 13.1 Å². The molecule has 16 heavy (non-hydrogen) atoms. The molecule has 0 aromatic carbocycles. The summed E-state index contributed by atoms with van der Waals surface area (Å²) in [5.41, 5.74) is 0. The molecule has 0 atom stereocenters. The van der Waals surface area contributed by atoms with E-state index in [1.54, 1.807) is 0 Å². The second-order valence-corrected chi connectivity index (χ2v) is 4.64. The first-order chi connectivity index (χ1) is 7.72. The Morgan fingerprint density at radius 3 is 2.94 bits per heavy atom. The van der Waals surface area contributed by atoms with Crippen molar-refractivity contribution in [3.8, 4) is 0 Å². The summed E-state index contributed by atoms with van der Waals surface area (Å²) in [4.78, 5) is 4.28. The molecule has 1 rings (SSSR count). The van der Waals surface area contributed by atoms with Gasteiger partial charge < -0.3 is 5.32 Å². The molecule has 0 unspecified atom stereocenters. The van der Waals surface area contributed by atoms with Crippen LogP contribution < -0.4 is 5.32 Å². The van der Waals surface area contributed by atoms with Crippen molar-refractivity contribution in [3.05, 3.63) is 12.2 Å². The predicted octanol–water partition coefficient (Wildman–Crippen LogP) is 2.21. The van der Waals surface area contributed by atoms with Crippen LogP contribution in [0.5, 0.6) is 0 Å². The van der Waals surface area contributed by atoms with Crippen molar-refractivity contribution < 1.29 is 0 Å². The fraction of sp³-hybridized carbons (Fsp3) is 0.833. The Balaban J connectivity index is 2.22. The van der Waals surface area contributed by atoms with Gasteiger partial charge in [0.15, 0.2) is 5.82 Å². The number of nitrogens with one attached hydrogen (secondary N) is 1. The molecule has 0 bridgehead atoms. The third-order valence-corrected chi connectivity index (χ3v) is 2.46. The van der Waals surface area contributed by atoms with E-state index in [0.717, 1.165) is 37.8 Å². The molecule has 1 aromatic rings. The molecule has 0 radical (unpaired) electrons. The van der Waals surface area contributed by atoms with E-state index in [4.69, 9.17) is 0 Å². The molecular formula is C12H24N4. The highest BCUT2D eigenvalue weighted by Crippen LogP contribution is 2.04. The van der Waals surface area contributed by atoms with Crippen molar-refractivity contribution in [3.63, 3.8) is 0 Å². The van der Waals surface area contributed by atoms with Gasteiger partial charge in [-0.25, -0.2) is 4.98 Å². The molecule has 0 aliphatic rings. The average molecular weight is 224 g/mol. The number of hydrogen-bond acceptors (Lipinski definition) is 3. The first-order valence-electron chi connectivity index (χ1n) is 6.31. The van der Waals surface area contributed by atoms with Crippen LogP contribution in [0.4, 0.5) is 0 Å². The Morgan fingerprint density at radius 1 is 1.44 bits per heavy atom. The maximum absolute atomic E-state index is 4.42. The third kappa shape index (κ3) is 5.26. The minimum absolute atomic E-state index is 0.772. The lowest BCUT2D eigenvalue weighted by atomic mass is 10.1. The minimum Gasteiger partial charge on any atom is -0.310 e. The third-order valence-electron chi connectivity index (χ3n) is 2.46. The van der Waals surface area contributed by atoms with Crippen LogP contribution in [0, 0.1) is 5.92 Å². The summed E-state index contributed by atoms with van der Waals surface area (Å²) in [6.07, 6.45) is 5.42. The smallest absolute Gasteiger partial charge is 0.164 e. The summed E-state index contributed by atoms with van der Waals surface area (Å²) in [6, 6.07) is 0. The standard InChI is InChI=1S/C12H24N4/c1-4-7-13-9-12-14-10-16(15-12)8-5-6-11(2)3/h10-11,13H,4-9H2,1-3H3.